The van der Waals surface area contributed by atoms with Crippen LogP contribution in [0.1, 0.15) is 35.6 Å². The van der Waals surface area contributed by atoms with Gasteiger partial charge in [-0.3, -0.25) is 14.2 Å². The molecule has 1 N–H and O–H groups in total. The van der Waals surface area contributed by atoms with Crippen LogP contribution in [0.4, 0.5) is 5.69 Å². The molecule has 2 heterocycles. The van der Waals surface area contributed by atoms with Crippen molar-refractivity contribution < 1.29 is 9.53 Å². The molecule has 5 nitrogen and oxygen atoms in total. The maximum absolute atomic E-state index is 13.2. The lowest BCUT2D eigenvalue weighted by molar-refractivity contribution is -0.116. The Bertz CT molecular complexity index is 1250. The molecule has 1 aromatic heterocycles. The van der Waals surface area contributed by atoms with Crippen molar-refractivity contribution in [1.29, 1.82) is 0 Å². The van der Waals surface area contributed by atoms with E-state index in [9.17, 15) is 9.59 Å². The molecule has 2 saturated carbocycles. The normalized spacial score (nSPS) is 27.1. The van der Waals surface area contributed by atoms with E-state index in [-0.39, 0.29) is 23.2 Å². The van der Waals surface area contributed by atoms with Crippen molar-refractivity contribution >= 4 is 34.7 Å². The van der Waals surface area contributed by atoms with Gasteiger partial charge in [-0.2, -0.15) is 0 Å². The van der Waals surface area contributed by atoms with Crippen LogP contribution < -0.4 is 14.9 Å². The lowest BCUT2D eigenvalue weighted by Crippen LogP contribution is -2.35. The predicted molar refractivity (Wildman–Crippen MR) is 132 cm³/mol. The smallest absolute Gasteiger partial charge is 0.308 e. The molecule has 5 atom stereocenters. The number of carbonyl (C=O) groups excluding carboxylic acids is 1. The molecule has 2 aliphatic carbocycles. The third kappa shape index (κ3) is 3.53. The summed E-state index contributed by atoms with van der Waals surface area (Å²) in [5.74, 6) is 2.76. The molecule has 2 aromatic carbocycles. The van der Waals surface area contributed by atoms with Gasteiger partial charge in [-0.15, -0.1) is 11.8 Å². The Morgan fingerprint density at radius 2 is 1.85 bits per heavy atom. The first-order valence-corrected chi connectivity index (χ1v) is 13.2. The van der Waals surface area contributed by atoms with Crippen LogP contribution >= 0.6 is 23.1 Å². The summed E-state index contributed by atoms with van der Waals surface area (Å²) in [5.41, 5.74) is 1.92. The van der Waals surface area contributed by atoms with Crippen LogP contribution in [0.2, 0.25) is 0 Å². The fourth-order valence-corrected chi connectivity index (χ4v) is 9.37. The molecular weight excluding hydrogens is 452 g/mol. The summed E-state index contributed by atoms with van der Waals surface area (Å²) in [6.07, 6.45) is 3.83. The second-order valence-corrected chi connectivity index (χ2v) is 11.4. The second kappa shape index (κ2) is 8.37. The molecule has 2 fully saturated rings. The number of rotatable bonds is 5. The summed E-state index contributed by atoms with van der Waals surface area (Å²) in [4.78, 5) is 27.1. The van der Waals surface area contributed by atoms with E-state index >= 15 is 0 Å². The van der Waals surface area contributed by atoms with Crippen LogP contribution in [0.3, 0.4) is 0 Å². The SMILES string of the molecule is COc1ccccc1[C@@H]1c2sc(=O)n(CC(=O)Nc3ccccc3)c2SC2C3CCC(C3)C21. The van der Waals surface area contributed by atoms with Gasteiger partial charge in [-0.25, -0.2) is 0 Å². The number of ether oxygens (including phenoxy) is 1. The number of fused-ring (bicyclic) bond motifs is 6. The van der Waals surface area contributed by atoms with E-state index in [4.69, 9.17) is 4.74 Å². The van der Waals surface area contributed by atoms with Gasteiger partial charge in [-0.05, 0) is 55.2 Å². The van der Waals surface area contributed by atoms with Crippen molar-refractivity contribution in [3.63, 3.8) is 0 Å². The number of para-hydroxylation sites is 2. The zero-order chi connectivity index (χ0) is 22.5. The number of nitrogens with one attached hydrogen (secondary N) is 1. The molecule has 2 bridgehead atoms. The van der Waals surface area contributed by atoms with Crippen LogP contribution in [-0.4, -0.2) is 22.8 Å². The molecule has 0 spiro atoms. The number of thioether (sulfide) groups is 1. The number of hydrogen-bond acceptors (Lipinski definition) is 5. The van der Waals surface area contributed by atoms with Gasteiger partial charge in [-0.1, -0.05) is 47.7 Å². The predicted octanol–water partition coefficient (Wildman–Crippen LogP) is 5.21. The fraction of sp³-hybridized carbons (Fsp3) is 0.385. The van der Waals surface area contributed by atoms with Crippen LogP contribution in [0.5, 0.6) is 5.75 Å². The Morgan fingerprint density at radius 3 is 2.67 bits per heavy atom. The fourth-order valence-electron chi connectivity index (χ4n) is 6.22. The molecule has 3 aromatic rings. The van der Waals surface area contributed by atoms with Gasteiger partial charge in [0.05, 0.1) is 12.1 Å². The van der Waals surface area contributed by atoms with Crippen molar-refractivity contribution in [2.75, 3.05) is 12.4 Å². The van der Waals surface area contributed by atoms with Gasteiger partial charge >= 0.3 is 4.87 Å². The molecular formula is C26H26N2O3S2. The van der Waals surface area contributed by atoms with Crippen LogP contribution in [0, 0.1) is 17.8 Å². The highest BCUT2D eigenvalue weighted by atomic mass is 32.2. The van der Waals surface area contributed by atoms with Crippen molar-refractivity contribution in [3.8, 4) is 5.75 Å². The van der Waals surface area contributed by atoms with Gasteiger partial charge in [0.1, 0.15) is 12.3 Å². The van der Waals surface area contributed by atoms with Gasteiger partial charge in [0.25, 0.3) is 0 Å². The molecule has 6 rings (SSSR count). The first-order chi connectivity index (χ1) is 16.1. The monoisotopic (exact) mass is 478 g/mol. The number of aromatic nitrogens is 1. The lowest BCUT2D eigenvalue weighted by atomic mass is 9.74. The summed E-state index contributed by atoms with van der Waals surface area (Å²) >= 11 is 3.17. The average Bonchev–Trinajstić information content (AvgIpc) is 3.53. The third-order valence-electron chi connectivity index (χ3n) is 7.52. The highest BCUT2D eigenvalue weighted by Crippen LogP contribution is 2.64. The van der Waals surface area contributed by atoms with E-state index in [2.05, 4.69) is 17.4 Å². The molecule has 0 radical (unpaired) electrons. The van der Waals surface area contributed by atoms with Crippen LogP contribution in [-0.2, 0) is 11.3 Å². The number of methoxy groups -OCH3 is 1. The quantitative estimate of drug-likeness (QED) is 0.547. The van der Waals surface area contributed by atoms with Gasteiger partial charge < -0.3 is 10.1 Å². The van der Waals surface area contributed by atoms with Crippen molar-refractivity contribution in [3.05, 3.63) is 74.7 Å². The van der Waals surface area contributed by atoms with Crippen LogP contribution in [0.15, 0.2) is 64.4 Å². The minimum absolute atomic E-state index is 0.0384. The van der Waals surface area contributed by atoms with Gasteiger partial charge in [0.2, 0.25) is 5.91 Å². The molecule has 0 saturated heterocycles. The zero-order valence-corrected chi connectivity index (χ0v) is 20.0. The molecule has 1 amide bonds. The maximum atomic E-state index is 13.2. The van der Waals surface area contributed by atoms with Gasteiger partial charge in [0.15, 0.2) is 0 Å². The summed E-state index contributed by atoms with van der Waals surface area (Å²) in [5, 5.41) is 4.40. The largest absolute Gasteiger partial charge is 0.496 e. The van der Waals surface area contributed by atoms with E-state index in [1.54, 1.807) is 11.7 Å². The summed E-state index contributed by atoms with van der Waals surface area (Å²) in [7, 11) is 1.72. The number of hydrogen-bond donors (Lipinski definition) is 1. The number of thiazole rings is 1. The highest BCUT2D eigenvalue weighted by molar-refractivity contribution is 8.00. The first kappa shape index (κ1) is 21.1. The number of carbonyl (C=O) groups is 1. The Kier molecular flexibility index (Phi) is 5.34. The minimum Gasteiger partial charge on any atom is -0.496 e. The van der Waals surface area contributed by atoms with Gasteiger partial charge in [0, 0.05) is 27.3 Å². The molecule has 170 valence electrons. The molecule has 3 aliphatic rings. The number of anilines is 1. The standard InChI is InChI=1S/C26H26N2O3S2/c1-31-19-10-6-5-9-18(19)22-21-15-11-12-16(13-15)23(21)32-25-24(22)33-26(30)28(25)14-20(29)27-17-7-3-2-4-8-17/h2-10,15-16,21-23H,11-14H2,1H3,(H,27,29)/t15?,16?,21?,22-,23?/m0/s1. The van der Waals surface area contributed by atoms with Crippen molar-refractivity contribution in [2.24, 2.45) is 17.8 Å². The summed E-state index contributed by atoms with van der Waals surface area (Å²) in [6, 6.07) is 17.6. The topological polar surface area (TPSA) is 60.3 Å². The average molecular weight is 479 g/mol. The summed E-state index contributed by atoms with van der Waals surface area (Å²) in [6.45, 7) is 0.0384. The Labute approximate surface area is 201 Å². The van der Waals surface area contributed by atoms with Crippen LogP contribution in [0.25, 0.3) is 0 Å². The molecule has 7 heteroatoms. The Hall–Kier alpha value is -2.51. The van der Waals surface area contributed by atoms with E-state index < -0.39 is 0 Å². The third-order valence-corrected chi connectivity index (χ3v) is 10.4. The van der Waals surface area contributed by atoms with E-state index in [0.29, 0.717) is 23.0 Å². The molecule has 1 aliphatic heterocycles. The zero-order valence-electron chi connectivity index (χ0n) is 18.4. The molecule has 33 heavy (non-hydrogen) atoms. The van der Waals surface area contributed by atoms with E-state index in [0.717, 1.165) is 21.3 Å². The number of benzene rings is 2. The number of amides is 1. The van der Waals surface area contributed by atoms with E-state index in [1.807, 2.05) is 54.2 Å². The highest BCUT2D eigenvalue weighted by Gasteiger charge is 2.55. The molecule has 4 unspecified atom stereocenters. The summed E-state index contributed by atoms with van der Waals surface area (Å²) < 4.78 is 7.46. The Balaban J connectivity index is 1.40. The Morgan fingerprint density at radius 1 is 1.09 bits per heavy atom. The van der Waals surface area contributed by atoms with E-state index in [1.165, 1.54) is 36.2 Å². The number of nitrogens with zero attached hydrogens (tertiary/aromatic N) is 1. The first-order valence-electron chi connectivity index (χ1n) is 11.5. The van der Waals surface area contributed by atoms with Crippen molar-refractivity contribution in [2.45, 2.75) is 42.0 Å². The second-order valence-electron chi connectivity index (χ2n) is 9.25. The minimum atomic E-state index is -0.173. The maximum Gasteiger partial charge on any atom is 0.308 e. The van der Waals surface area contributed by atoms with Crippen molar-refractivity contribution in [1.82, 2.24) is 4.57 Å². The lowest BCUT2D eigenvalue weighted by Gasteiger charge is -2.40.